The average Bonchev–Trinajstić information content (AvgIpc) is 2.47. The zero-order valence-corrected chi connectivity index (χ0v) is 15.0. The Balaban J connectivity index is 4.59. The van der Waals surface area contributed by atoms with E-state index in [4.69, 9.17) is 19.0 Å². The third kappa shape index (κ3) is 10.3. The van der Waals surface area contributed by atoms with E-state index in [1.165, 1.54) is 5.48 Å². The van der Waals surface area contributed by atoms with Crippen molar-refractivity contribution in [1.29, 1.82) is 0 Å². The van der Waals surface area contributed by atoms with Crippen LogP contribution in [0.1, 0.15) is 39.5 Å². The molecule has 9 heteroatoms. The molecule has 126 valence electrons. The number of hydrogen-bond acceptors (Lipinski definition) is 6. The Morgan fingerprint density at radius 2 is 1.76 bits per heavy atom. The first kappa shape index (κ1) is 20.9. The maximum Gasteiger partial charge on any atom is 0.431 e. The van der Waals surface area contributed by atoms with Gasteiger partial charge in [-0.1, -0.05) is 42.6 Å². The normalized spacial score (nSPS) is 13.0. The Bertz CT molecular complexity index is 317. The predicted octanol–water partition coefficient (Wildman–Crippen LogP) is 3.69. The van der Waals surface area contributed by atoms with E-state index in [0.29, 0.717) is 13.2 Å². The smallest absolute Gasteiger partial charge is 0.431 e. The monoisotopic (exact) mass is 389 g/mol. The SMILES string of the molecule is CCCCOP(=O)(CC(CBr)OC(=O)NO)OCCCC. The van der Waals surface area contributed by atoms with Crippen LogP contribution >= 0.6 is 23.5 Å². The molecular weight excluding hydrogens is 365 g/mol. The van der Waals surface area contributed by atoms with Gasteiger partial charge in [-0.25, -0.2) is 10.3 Å². The summed E-state index contributed by atoms with van der Waals surface area (Å²) in [7, 11) is -3.33. The number of hydrogen-bond donors (Lipinski definition) is 2. The Labute approximate surface area is 134 Å². The highest BCUT2D eigenvalue weighted by Crippen LogP contribution is 2.49. The fraction of sp³-hybridized carbons (Fsp3) is 0.917. The molecule has 0 saturated heterocycles. The molecule has 0 fully saturated rings. The number of halogens is 1. The summed E-state index contributed by atoms with van der Waals surface area (Å²) in [6.07, 6.45) is 1.61. The van der Waals surface area contributed by atoms with Gasteiger partial charge in [0.1, 0.15) is 6.10 Å². The van der Waals surface area contributed by atoms with Gasteiger partial charge in [-0.3, -0.25) is 9.77 Å². The van der Waals surface area contributed by atoms with Crippen LogP contribution in [-0.4, -0.2) is 42.1 Å². The van der Waals surface area contributed by atoms with E-state index in [1.807, 2.05) is 13.8 Å². The van der Waals surface area contributed by atoms with Gasteiger partial charge < -0.3 is 13.8 Å². The molecule has 1 amide bonds. The molecule has 1 unspecified atom stereocenters. The molecule has 1 atom stereocenters. The van der Waals surface area contributed by atoms with E-state index in [2.05, 4.69) is 15.9 Å². The summed E-state index contributed by atoms with van der Waals surface area (Å²) >= 11 is 3.17. The van der Waals surface area contributed by atoms with E-state index < -0.39 is 19.8 Å². The van der Waals surface area contributed by atoms with Crippen molar-refractivity contribution in [2.75, 3.05) is 24.7 Å². The van der Waals surface area contributed by atoms with Crippen LogP contribution in [0.2, 0.25) is 0 Å². The number of rotatable bonds is 12. The van der Waals surface area contributed by atoms with Gasteiger partial charge in [-0.05, 0) is 12.8 Å². The Hall–Kier alpha value is -0.140. The number of alkyl halides is 1. The summed E-state index contributed by atoms with van der Waals surface area (Å²) in [6, 6.07) is 0. The molecule has 0 aliphatic rings. The molecule has 0 rings (SSSR count). The van der Waals surface area contributed by atoms with Gasteiger partial charge >= 0.3 is 13.7 Å². The van der Waals surface area contributed by atoms with Crippen molar-refractivity contribution < 1.29 is 28.4 Å². The molecule has 0 aliphatic carbocycles. The summed E-state index contributed by atoms with van der Waals surface area (Å²) in [5, 5.41) is 8.72. The van der Waals surface area contributed by atoms with Crippen molar-refractivity contribution in [2.24, 2.45) is 0 Å². The van der Waals surface area contributed by atoms with Crippen molar-refractivity contribution in [3.05, 3.63) is 0 Å². The molecule has 0 aromatic carbocycles. The van der Waals surface area contributed by atoms with E-state index in [-0.39, 0.29) is 11.5 Å². The molecule has 0 aliphatic heterocycles. The van der Waals surface area contributed by atoms with E-state index in [9.17, 15) is 9.36 Å². The number of hydroxylamine groups is 1. The van der Waals surface area contributed by atoms with Crippen molar-refractivity contribution >= 4 is 29.6 Å². The summed E-state index contributed by atoms with van der Waals surface area (Å²) in [5.41, 5.74) is 1.37. The number of nitrogens with one attached hydrogen (secondary N) is 1. The molecule has 21 heavy (non-hydrogen) atoms. The highest BCUT2D eigenvalue weighted by molar-refractivity contribution is 9.09. The van der Waals surface area contributed by atoms with Crippen molar-refractivity contribution in [3.63, 3.8) is 0 Å². The molecule has 0 aromatic heterocycles. The Morgan fingerprint density at radius 1 is 1.24 bits per heavy atom. The third-order valence-electron chi connectivity index (χ3n) is 2.54. The van der Waals surface area contributed by atoms with Crippen molar-refractivity contribution in [3.8, 4) is 0 Å². The number of carbonyl (C=O) groups excluding carboxylic acids is 1. The lowest BCUT2D eigenvalue weighted by atomic mass is 10.4. The standard InChI is InChI=1S/C12H25BrNO6P/c1-3-5-7-18-21(17,19-8-6-4-2)10-11(9-13)20-12(15)14-16/h11,16H,3-10H2,1-2H3,(H,14,15). The van der Waals surface area contributed by atoms with Gasteiger partial charge in [0.25, 0.3) is 0 Å². The summed E-state index contributed by atoms with van der Waals surface area (Å²) in [4.78, 5) is 11.0. The second-order valence-electron chi connectivity index (χ2n) is 4.46. The number of amides is 1. The largest absolute Gasteiger partial charge is 0.443 e. The summed E-state index contributed by atoms with van der Waals surface area (Å²) < 4.78 is 28.3. The van der Waals surface area contributed by atoms with Crippen LogP contribution < -0.4 is 5.48 Å². The Kier molecular flexibility index (Phi) is 12.3. The average molecular weight is 390 g/mol. The van der Waals surface area contributed by atoms with Crippen LogP contribution in [0.25, 0.3) is 0 Å². The van der Waals surface area contributed by atoms with Gasteiger partial charge in [0, 0.05) is 5.33 Å². The number of ether oxygens (including phenoxy) is 1. The molecule has 7 nitrogen and oxygen atoms in total. The fourth-order valence-corrected chi connectivity index (χ4v) is 3.90. The van der Waals surface area contributed by atoms with Gasteiger partial charge in [0.2, 0.25) is 0 Å². The lowest BCUT2D eigenvalue weighted by molar-refractivity contribution is 0.0680. The molecule has 0 spiro atoms. The van der Waals surface area contributed by atoms with Gasteiger partial charge in [-0.2, -0.15) is 0 Å². The van der Waals surface area contributed by atoms with Gasteiger partial charge in [0.05, 0.1) is 19.4 Å². The number of unbranched alkanes of at least 4 members (excludes halogenated alkanes) is 2. The van der Waals surface area contributed by atoms with Crippen LogP contribution in [0.4, 0.5) is 4.79 Å². The predicted molar refractivity (Wildman–Crippen MR) is 83.2 cm³/mol. The van der Waals surface area contributed by atoms with Crippen LogP contribution in [-0.2, 0) is 18.3 Å². The molecule has 2 N–H and O–H groups in total. The van der Waals surface area contributed by atoms with Crippen molar-refractivity contribution in [2.45, 2.75) is 45.6 Å². The number of carbonyl (C=O) groups is 1. The second-order valence-corrected chi connectivity index (χ2v) is 7.21. The quantitative estimate of drug-likeness (QED) is 0.174. The first-order valence-corrected chi connectivity index (χ1v) is 9.91. The maximum absolute atomic E-state index is 12.7. The summed E-state index contributed by atoms with van der Waals surface area (Å²) in [6.45, 7) is 4.67. The van der Waals surface area contributed by atoms with Crippen LogP contribution in [0.5, 0.6) is 0 Å². The lowest BCUT2D eigenvalue weighted by Gasteiger charge is -2.22. The molecule has 0 saturated carbocycles. The fourth-order valence-electron chi connectivity index (χ4n) is 1.38. The third-order valence-corrected chi connectivity index (χ3v) is 5.26. The first-order valence-electron chi connectivity index (χ1n) is 7.06. The van der Waals surface area contributed by atoms with Crippen LogP contribution in [0.15, 0.2) is 0 Å². The van der Waals surface area contributed by atoms with Crippen LogP contribution in [0, 0.1) is 0 Å². The first-order chi connectivity index (χ1) is 10.0. The summed E-state index contributed by atoms with van der Waals surface area (Å²) in [5.74, 6) is 0. The zero-order valence-electron chi connectivity index (χ0n) is 12.5. The minimum atomic E-state index is -3.33. The van der Waals surface area contributed by atoms with Crippen LogP contribution in [0.3, 0.4) is 0 Å². The molecule has 0 heterocycles. The van der Waals surface area contributed by atoms with E-state index >= 15 is 0 Å². The van der Waals surface area contributed by atoms with E-state index in [0.717, 1.165) is 25.7 Å². The highest BCUT2D eigenvalue weighted by atomic mass is 79.9. The molecule has 0 radical (unpaired) electrons. The Morgan fingerprint density at radius 3 is 2.14 bits per heavy atom. The minimum Gasteiger partial charge on any atom is -0.443 e. The minimum absolute atomic E-state index is 0.0564. The molecule has 0 aromatic rings. The maximum atomic E-state index is 12.7. The lowest BCUT2D eigenvalue weighted by Crippen LogP contribution is -2.30. The highest BCUT2D eigenvalue weighted by Gasteiger charge is 2.30. The van der Waals surface area contributed by atoms with E-state index in [1.54, 1.807) is 0 Å². The van der Waals surface area contributed by atoms with Gasteiger partial charge in [0.15, 0.2) is 0 Å². The zero-order chi connectivity index (χ0) is 16.1. The second kappa shape index (κ2) is 12.4. The molecule has 0 bridgehead atoms. The van der Waals surface area contributed by atoms with Crippen molar-refractivity contribution in [1.82, 2.24) is 5.48 Å². The van der Waals surface area contributed by atoms with Gasteiger partial charge in [-0.15, -0.1) is 0 Å². The topological polar surface area (TPSA) is 94.1 Å². The molecular formula is C12H25BrNO6P.